The van der Waals surface area contributed by atoms with Crippen molar-refractivity contribution >= 4 is 41.0 Å². The van der Waals surface area contributed by atoms with Crippen molar-refractivity contribution in [3.05, 3.63) is 80.9 Å². The van der Waals surface area contributed by atoms with Crippen molar-refractivity contribution in [2.45, 2.75) is 5.75 Å². The van der Waals surface area contributed by atoms with Crippen molar-refractivity contribution < 1.29 is 9.72 Å². The highest BCUT2D eigenvalue weighted by molar-refractivity contribution is 7.98. The predicted molar refractivity (Wildman–Crippen MR) is 103 cm³/mol. The summed E-state index contributed by atoms with van der Waals surface area (Å²) in [6.45, 7) is 0.554. The van der Waals surface area contributed by atoms with Crippen molar-refractivity contribution in [1.29, 1.82) is 0 Å². The molecule has 0 atom stereocenters. The van der Waals surface area contributed by atoms with Crippen LogP contribution in [0.25, 0.3) is 6.08 Å². The number of non-ortho nitro benzene ring substituents is 1. The van der Waals surface area contributed by atoms with Crippen LogP contribution in [-0.2, 0) is 10.5 Å². The molecule has 0 bridgehead atoms. The number of rotatable bonds is 8. The van der Waals surface area contributed by atoms with E-state index in [0.29, 0.717) is 6.54 Å². The zero-order chi connectivity index (χ0) is 18.1. The number of nitrogens with zero attached hydrogens (tertiary/aromatic N) is 1. The lowest BCUT2D eigenvalue weighted by Crippen LogP contribution is -2.23. The Labute approximate surface area is 155 Å². The van der Waals surface area contributed by atoms with Gasteiger partial charge in [0.05, 0.1) is 4.92 Å². The lowest BCUT2D eigenvalue weighted by atomic mass is 10.2. The van der Waals surface area contributed by atoms with Gasteiger partial charge >= 0.3 is 0 Å². The van der Waals surface area contributed by atoms with Crippen molar-refractivity contribution in [2.75, 3.05) is 12.3 Å². The number of hydrogen-bond acceptors (Lipinski definition) is 4. The Morgan fingerprint density at radius 1 is 1.20 bits per heavy atom. The SMILES string of the molecule is O=C(C=Cc1ccc([N+](=O)[O-])cc1)NCCSCc1ccccc1Cl. The normalized spacial score (nSPS) is 10.8. The minimum Gasteiger partial charge on any atom is -0.352 e. The van der Waals surface area contributed by atoms with Gasteiger partial charge in [-0.2, -0.15) is 11.8 Å². The second kappa shape index (κ2) is 9.86. The van der Waals surface area contributed by atoms with Gasteiger partial charge in [-0.1, -0.05) is 29.8 Å². The van der Waals surface area contributed by atoms with Gasteiger partial charge in [0, 0.05) is 41.3 Å². The smallest absolute Gasteiger partial charge is 0.269 e. The van der Waals surface area contributed by atoms with E-state index in [9.17, 15) is 14.9 Å². The van der Waals surface area contributed by atoms with E-state index in [4.69, 9.17) is 11.6 Å². The number of benzene rings is 2. The Morgan fingerprint density at radius 2 is 1.92 bits per heavy atom. The number of amides is 1. The summed E-state index contributed by atoms with van der Waals surface area (Å²) in [6.07, 6.45) is 3.04. The maximum atomic E-state index is 11.7. The first-order valence-electron chi connectivity index (χ1n) is 7.58. The number of nitro benzene ring substituents is 1. The molecule has 0 aliphatic rings. The number of nitro groups is 1. The van der Waals surface area contributed by atoms with E-state index in [-0.39, 0.29) is 11.6 Å². The Kier molecular flexibility index (Phi) is 7.50. The molecule has 25 heavy (non-hydrogen) atoms. The minimum absolute atomic E-state index is 0.0251. The summed E-state index contributed by atoms with van der Waals surface area (Å²) in [7, 11) is 0. The monoisotopic (exact) mass is 376 g/mol. The van der Waals surface area contributed by atoms with Gasteiger partial charge in [0.1, 0.15) is 0 Å². The number of carbonyl (C=O) groups is 1. The number of halogens is 1. The first kappa shape index (κ1) is 19.0. The van der Waals surface area contributed by atoms with Crippen molar-refractivity contribution in [3.63, 3.8) is 0 Å². The molecule has 0 fully saturated rings. The average Bonchev–Trinajstić information content (AvgIpc) is 2.61. The summed E-state index contributed by atoms with van der Waals surface area (Å²) in [5.74, 6) is 1.38. The summed E-state index contributed by atoms with van der Waals surface area (Å²) in [4.78, 5) is 21.9. The molecule has 0 unspecified atom stereocenters. The Hall–Kier alpha value is -2.31. The third-order valence-corrected chi connectivity index (χ3v) is 4.67. The molecule has 5 nitrogen and oxygen atoms in total. The van der Waals surface area contributed by atoms with Crippen molar-refractivity contribution in [2.24, 2.45) is 0 Å². The van der Waals surface area contributed by atoms with Crippen LogP contribution in [0.2, 0.25) is 5.02 Å². The van der Waals surface area contributed by atoms with Crippen LogP contribution in [0.3, 0.4) is 0 Å². The number of nitrogens with one attached hydrogen (secondary N) is 1. The second-order valence-electron chi connectivity index (χ2n) is 5.12. The van der Waals surface area contributed by atoms with E-state index in [1.165, 1.54) is 18.2 Å². The van der Waals surface area contributed by atoms with Crippen LogP contribution in [0.4, 0.5) is 5.69 Å². The Bertz CT molecular complexity index is 763. The third kappa shape index (κ3) is 6.60. The zero-order valence-electron chi connectivity index (χ0n) is 13.4. The third-order valence-electron chi connectivity index (χ3n) is 3.29. The van der Waals surface area contributed by atoms with Crippen LogP contribution in [0, 0.1) is 10.1 Å². The molecule has 2 aromatic carbocycles. The van der Waals surface area contributed by atoms with Gasteiger partial charge in [-0.15, -0.1) is 0 Å². The molecule has 0 aliphatic heterocycles. The maximum absolute atomic E-state index is 11.7. The fourth-order valence-electron chi connectivity index (χ4n) is 1.98. The zero-order valence-corrected chi connectivity index (χ0v) is 14.9. The fraction of sp³-hybridized carbons (Fsp3) is 0.167. The molecule has 0 aliphatic carbocycles. The van der Waals surface area contributed by atoms with Gasteiger partial charge < -0.3 is 5.32 Å². The van der Waals surface area contributed by atoms with E-state index < -0.39 is 4.92 Å². The fourth-order valence-corrected chi connectivity index (χ4v) is 3.13. The van der Waals surface area contributed by atoms with Crippen molar-refractivity contribution in [1.82, 2.24) is 5.32 Å². The summed E-state index contributed by atoms with van der Waals surface area (Å²) in [5.41, 5.74) is 1.84. The molecule has 0 spiro atoms. The molecule has 1 amide bonds. The van der Waals surface area contributed by atoms with Crippen LogP contribution in [0.15, 0.2) is 54.6 Å². The van der Waals surface area contributed by atoms with E-state index >= 15 is 0 Å². The van der Waals surface area contributed by atoms with E-state index in [0.717, 1.165) is 27.7 Å². The van der Waals surface area contributed by atoms with Gasteiger partial charge in [-0.25, -0.2) is 0 Å². The van der Waals surface area contributed by atoms with E-state index in [2.05, 4.69) is 5.32 Å². The van der Waals surface area contributed by atoms with Gasteiger partial charge in [-0.3, -0.25) is 14.9 Å². The van der Waals surface area contributed by atoms with Crippen LogP contribution >= 0.6 is 23.4 Å². The maximum Gasteiger partial charge on any atom is 0.269 e. The first-order chi connectivity index (χ1) is 12.1. The number of hydrogen-bond donors (Lipinski definition) is 1. The van der Waals surface area contributed by atoms with Crippen LogP contribution < -0.4 is 5.32 Å². The largest absolute Gasteiger partial charge is 0.352 e. The Balaban J connectivity index is 1.68. The molecule has 0 saturated heterocycles. The van der Waals surface area contributed by atoms with Crippen LogP contribution in [0.1, 0.15) is 11.1 Å². The summed E-state index contributed by atoms with van der Waals surface area (Å²) in [5, 5.41) is 14.1. The van der Waals surface area contributed by atoms with Crippen molar-refractivity contribution in [3.8, 4) is 0 Å². The van der Waals surface area contributed by atoms with Gasteiger partial charge in [0.15, 0.2) is 0 Å². The molecule has 2 aromatic rings. The van der Waals surface area contributed by atoms with E-state index in [1.807, 2.05) is 24.3 Å². The standard InChI is InChI=1S/C18H17ClN2O3S/c19-17-4-2-1-3-15(17)13-25-12-11-20-18(22)10-7-14-5-8-16(9-6-14)21(23)24/h1-10H,11-13H2,(H,20,22). The van der Waals surface area contributed by atoms with Gasteiger partial charge in [-0.05, 0) is 35.4 Å². The number of thioether (sulfide) groups is 1. The number of carbonyl (C=O) groups excluding carboxylic acids is 1. The lowest BCUT2D eigenvalue weighted by Gasteiger charge is -2.04. The topological polar surface area (TPSA) is 72.2 Å². The van der Waals surface area contributed by atoms with Crippen LogP contribution in [0.5, 0.6) is 0 Å². The molecule has 0 heterocycles. The second-order valence-corrected chi connectivity index (χ2v) is 6.63. The van der Waals surface area contributed by atoms with Gasteiger partial charge in [0.2, 0.25) is 5.91 Å². The molecule has 0 aromatic heterocycles. The van der Waals surface area contributed by atoms with Crippen LogP contribution in [-0.4, -0.2) is 23.1 Å². The highest BCUT2D eigenvalue weighted by Crippen LogP contribution is 2.20. The average molecular weight is 377 g/mol. The van der Waals surface area contributed by atoms with E-state index in [1.54, 1.807) is 30.0 Å². The quantitative estimate of drug-likeness (QED) is 0.322. The highest BCUT2D eigenvalue weighted by atomic mass is 35.5. The molecular weight excluding hydrogens is 360 g/mol. The first-order valence-corrected chi connectivity index (χ1v) is 9.11. The molecule has 0 saturated carbocycles. The Morgan fingerprint density at radius 3 is 2.60 bits per heavy atom. The summed E-state index contributed by atoms with van der Waals surface area (Å²) < 4.78 is 0. The predicted octanol–water partition coefficient (Wildman–Crippen LogP) is 4.31. The molecule has 7 heteroatoms. The molecule has 0 radical (unpaired) electrons. The molecular formula is C18H17ClN2O3S. The minimum atomic E-state index is -0.458. The summed E-state index contributed by atoms with van der Waals surface area (Å²) >= 11 is 7.78. The van der Waals surface area contributed by atoms with Gasteiger partial charge in [0.25, 0.3) is 5.69 Å². The summed E-state index contributed by atoms with van der Waals surface area (Å²) in [6, 6.07) is 13.7. The molecule has 1 N–H and O–H groups in total. The molecule has 130 valence electrons. The molecule has 2 rings (SSSR count). The lowest BCUT2D eigenvalue weighted by molar-refractivity contribution is -0.384. The highest BCUT2D eigenvalue weighted by Gasteiger charge is 2.03.